The van der Waals surface area contributed by atoms with Gasteiger partial charge in [0.1, 0.15) is 12.4 Å². The third-order valence-electron chi connectivity index (χ3n) is 4.40. The molecule has 0 heterocycles. The molecule has 0 saturated heterocycles. The maximum absolute atomic E-state index is 13.1. The van der Waals surface area contributed by atoms with E-state index in [1.54, 1.807) is 18.2 Å². The molecule has 0 bridgehead atoms. The summed E-state index contributed by atoms with van der Waals surface area (Å²) >= 11 is 11.9. The van der Waals surface area contributed by atoms with Gasteiger partial charge in [-0.1, -0.05) is 46.6 Å². The molecule has 0 N–H and O–H groups in total. The molecule has 0 aromatic heterocycles. The van der Waals surface area contributed by atoms with Gasteiger partial charge in [-0.2, -0.15) is 13.2 Å². The Hall–Kier alpha value is -3.90. The Morgan fingerprint density at radius 2 is 1.60 bits per heavy atom. The van der Waals surface area contributed by atoms with Crippen molar-refractivity contribution in [2.24, 2.45) is 5.16 Å². The Morgan fingerprint density at radius 1 is 0.971 bits per heavy atom. The number of hydrogen-bond donors (Lipinski definition) is 0. The van der Waals surface area contributed by atoms with Crippen molar-refractivity contribution in [2.75, 3.05) is 0 Å². The van der Waals surface area contributed by atoms with Crippen molar-refractivity contribution >= 4 is 40.8 Å². The van der Waals surface area contributed by atoms with Crippen LogP contribution in [-0.4, -0.2) is 16.1 Å². The summed E-state index contributed by atoms with van der Waals surface area (Å²) in [6, 6.07) is 10.8. The van der Waals surface area contributed by atoms with Crippen LogP contribution in [0.3, 0.4) is 0 Å². The fourth-order valence-electron chi connectivity index (χ4n) is 2.77. The van der Waals surface area contributed by atoms with Gasteiger partial charge >= 0.3 is 17.6 Å². The molecule has 0 aliphatic rings. The highest BCUT2D eigenvalue weighted by Crippen LogP contribution is 2.44. The quantitative estimate of drug-likeness (QED) is 0.173. The Morgan fingerprint density at radius 3 is 2.17 bits per heavy atom. The highest BCUT2D eigenvalue weighted by atomic mass is 35.5. The van der Waals surface area contributed by atoms with Crippen molar-refractivity contribution in [1.29, 1.82) is 0 Å². The third kappa shape index (κ3) is 6.37. The highest BCUT2D eigenvalue weighted by Gasteiger charge is 2.38. The zero-order valence-corrected chi connectivity index (χ0v) is 18.7. The largest absolute Gasteiger partial charge is 0.443 e. The zero-order valence-electron chi connectivity index (χ0n) is 17.2. The summed E-state index contributed by atoms with van der Waals surface area (Å²) in [5.74, 6) is -1.13. The van der Waals surface area contributed by atoms with Gasteiger partial charge in [0, 0.05) is 33.3 Å². The first-order valence-electron chi connectivity index (χ1n) is 9.37. The summed E-state index contributed by atoms with van der Waals surface area (Å²) in [4.78, 5) is 25.6. The average Bonchev–Trinajstić information content (AvgIpc) is 2.77. The monoisotopic (exact) mass is 529 g/mol. The number of ether oxygens (including phenoxy) is 1. The molecule has 0 aliphatic carbocycles. The second-order valence-corrected chi connectivity index (χ2v) is 7.58. The van der Waals surface area contributed by atoms with Gasteiger partial charge in [-0.05, 0) is 24.3 Å². The van der Waals surface area contributed by atoms with E-state index in [0.717, 1.165) is 6.21 Å². The highest BCUT2D eigenvalue weighted by molar-refractivity contribution is 6.35. The number of nitro groups is 2. The maximum atomic E-state index is 13.1. The Balaban J connectivity index is 1.92. The molecule has 182 valence electrons. The molecule has 0 amide bonds. The van der Waals surface area contributed by atoms with Crippen LogP contribution in [0.2, 0.25) is 10.0 Å². The molecule has 35 heavy (non-hydrogen) atoms. The molecule has 3 aromatic rings. The summed E-state index contributed by atoms with van der Waals surface area (Å²) in [5, 5.41) is 27.4. The van der Waals surface area contributed by atoms with Crippen molar-refractivity contribution in [3.8, 4) is 11.5 Å². The van der Waals surface area contributed by atoms with Crippen LogP contribution in [0, 0.1) is 20.2 Å². The van der Waals surface area contributed by atoms with Gasteiger partial charge in [0.15, 0.2) is 0 Å². The predicted molar refractivity (Wildman–Crippen MR) is 120 cm³/mol. The summed E-state index contributed by atoms with van der Waals surface area (Å²) in [6.07, 6.45) is -3.90. The van der Waals surface area contributed by atoms with E-state index < -0.39 is 38.7 Å². The fourth-order valence-corrected chi connectivity index (χ4v) is 3.23. The summed E-state index contributed by atoms with van der Waals surface area (Å²) in [5.41, 5.74) is -3.28. The number of benzene rings is 3. The third-order valence-corrected chi connectivity index (χ3v) is 4.99. The lowest BCUT2D eigenvalue weighted by molar-refractivity contribution is -0.396. The molecule has 0 radical (unpaired) electrons. The second-order valence-electron chi connectivity index (χ2n) is 6.74. The number of nitro benzene ring substituents is 2. The lowest BCUT2D eigenvalue weighted by atomic mass is 10.1. The number of oxime groups is 1. The Bertz CT molecular complexity index is 1280. The first kappa shape index (κ1) is 25.7. The molecular weight excluding hydrogens is 518 g/mol. The lowest BCUT2D eigenvalue weighted by Gasteiger charge is -2.12. The van der Waals surface area contributed by atoms with E-state index in [9.17, 15) is 33.4 Å². The minimum Gasteiger partial charge on any atom is -0.443 e. The van der Waals surface area contributed by atoms with Crippen LogP contribution in [0.1, 0.15) is 16.7 Å². The van der Waals surface area contributed by atoms with E-state index in [4.69, 9.17) is 32.8 Å². The Labute approximate surface area is 204 Å². The van der Waals surface area contributed by atoms with Gasteiger partial charge < -0.3 is 9.57 Å². The van der Waals surface area contributed by atoms with Crippen molar-refractivity contribution in [2.45, 2.75) is 12.8 Å². The Kier molecular flexibility index (Phi) is 7.77. The standard InChI is InChI=1S/C21H12Cl2F3N3O6/c22-15-6-5-13(16(23)9-15)11-34-27-10-12-3-1-2-4-19(12)35-20-17(28(30)31)7-14(21(24,25)26)8-18(20)29(32)33/h1-10H,11H2/b27-10+. The van der Waals surface area contributed by atoms with E-state index in [1.807, 2.05) is 0 Å². The van der Waals surface area contributed by atoms with Crippen molar-refractivity contribution in [3.63, 3.8) is 0 Å². The van der Waals surface area contributed by atoms with Crippen molar-refractivity contribution in [1.82, 2.24) is 0 Å². The van der Waals surface area contributed by atoms with Crippen LogP contribution in [0.25, 0.3) is 0 Å². The number of nitrogens with zero attached hydrogens (tertiary/aromatic N) is 3. The number of alkyl halides is 3. The minimum absolute atomic E-state index is 0.0363. The molecule has 9 nitrogen and oxygen atoms in total. The molecule has 0 atom stereocenters. The number of para-hydroxylation sites is 1. The summed E-state index contributed by atoms with van der Waals surface area (Å²) in [6.45, 7) is -0.0363. The molecule has 0 fully saturated rings. The van der Waals surface area contributed by atoms with Crippen molar-refractivity contribution in [3.05, 3.63) is 102 Å². The van der Waals surface area contributed by atoms with Crippen LogP contribution in [0.4, 0.5) is 24.5 Å². The summed E-state index contributed by atoms with van der Waals surface area (Å²) in [7, 11) is 0. The zero-order chi connectivity index (χ0) is 25.8. The number of rotatable bonds is 8. The van der Waals surface area contributed by atoms with Gasteiger partial charge in [0.25, 0.3) is 5.75 Å². The lowest BCUT2D eigenvalue weighted by Crippen LogP contribution is -2.08. The first-order valence-corrected chi connectivity index (χ1v) is 10.1. The molecule has 3 rings (SSSR count). The van der Waals surface area contributed by atoms with Crippen molar-refractivity contribution < 1.29 is 32.6 Å². The van der Waals surface area contributed by atoms with E-state index in [2.05, 4.69) is 5.16 Å². The molecule has 0 aliphatic heterocycles. The molecule has 14 heteroatoms. The predicted octanol–water partition coefficient (Wildman–Crippen LogP) is 7.17. The average molecular weight is 530 g/mol. The number of hydrogen-bond acceptors (Lipinski definition) is 7. The molecule has 3 aromatic carbocycles. The van der Waals surface area contributed by atoms with E-state index in [1.165, 1.54) is 24.3 Å². The minimum atomic E-state index is -5.05. The molecule has 0 spiro atoms. The first-order chi connectivity index (χ1) is 16.5. The van der Waals surface area contributed by atoms with Gasteiger partial charge in [-0.25, -0.2) is 0 Å². The van der Waals surface area contributed by atoms with Gasteiger partial charge in [0.05, 0.1) is 21.6 Å². The smallest absolute Gasteiger partial charge is 0.416 e. The molecular formula is C21H12Cl2F3N3O6. The normalized spacial score (nSPS) is 11.5. The van der Waals surface area contributed by atoms with Gasteiger partial charge in [0.2, 0.25) is 0 Å². The van der Waals surface area contributed by atoms with Crippen LogP contribution >= 0.6 is 23.2 Å². The molecule has 0 unspecified atom stereocenters. The van der Waals surface area contributed by atoms with E-state index in [0.29, 0.717) is 15.6 Å². The van der Waals surface area contributed by atoms with Gasteiger partial charge in [-0.15, -0.1) is 0 Å². The topological polar surface area (TPSA) is 117 Å². The number of halogens is 5. The van der Waals surface area contributed by atoms with Crippen LogP contribution in [0.5, 0.6) is 11.5 Å². The maximum Gasteiger partial charge on any atom is 0.416 e. The fraction of sp³-hybridized carbons (Fsp3) is 0.0952. The van der Waals surface area contributed by atoms with Crippen LogP contribution < -0.4 is 4.74 Å². The molecule has 0 saturated carbocycles. The SMILES string of the molecule is O=[N+]([O-])c1cc(C(F)(F)F)cc([N+](=O)[O-])c1Oc1ccccc1/C=N/OCc1ccc(Cl)cc1Cl. The van der Waals surface area contributed by atoms with Crippen LogP contribution in [0.15, 0.2) is 59.8 Å². The summed E-state index contributed by atoms with van der Waals surface area (Å²) < 4.78 is 44.7. The van der Waals surface area contributed by atoms with E-state index >= 15 is 0 Å². The second kappa shape index (κ2) is 10.6. The van der Waals surface area contributed by atoms with E-state index in [-0.39, 0.29) is 30.1 Å². The van der Waals surface area contributed by atoms with Crippen LogP contribution in [-0.2, 0) is 17.6 Å². The van der Waals surface area contributed by atoms with Gasteiger partial charge in [-0.3, -0.25) is 20.2 Å².